The van der Waals surface area contributed by atoms with Gasteiger partial charge in [-0.2, -0.15) is 0 Å². The van der Waals surface area contributed by atoms with Gasteiger partial charge in [0, 0.05) is 25.7 Å². The van der Waals surface area contributed by atoms with Crippen LogP contribution in [0.3, 0.4) is 0 Å². The third-order valence-electron chi connectivity index (χ3n) is 3.87. The van der Waals surface area contributed by atoms with Crippen LogP contribution in [0.1, 0.15) is 11.1 Å². The van der Waals surface area contributed by atoms with Crippen LogP contribution in [-0.2, 0) is 20.1 Å². The molecule has 0 spiro atoms. The van der Waals surface area contributed by atoms with Gasteiger partial charge in [-0.3, -0.25) is 0 Å². The van der Waals surface area contributed by atoms with Crippen molar-refractivity contribution in [1.82, 2.24) is 14.9 Å². The summed E-state index contributed by atoms with van der Waals surface area (Å²) in [5.74, 6) is 1.03. The van der Waals surface area contributed by atoms with Gasteiger partial charge in [-0.25, -0.2) is 4.98 Å². The molecule has 94 valence electrons. The molecule has 2 heterocycles. The third-order valence-corrected chi connectivity index (χ3v) is 3.87. The molecule has 0 saturated heterocycles. The van der Waals surface area contributed by atoms with Crippen LogP contribution in [0.4, 0.5) is 0 Å². The third kappa shape index (κ3) is 1.59. The molecule has 1 aromatic heterocycles. The fourth-order valence-electron chi connectivity index (χ4n) is 2.83. The Balaban J connectivity index is 1.97. The maximum Gasteiger partial charge on any atom is 0.140 e. The second-order valence-electron chi connectivity index (χ2n) is 5.07. The first-order valence-corrected chi connectivity index (χ1v) is 6.57. The predicted octanol–water partition coefficient (Wildman–Crippen LogP) is 2.84. The highest BCUT2D eigenvalue weighted by molar-refractivity contribution is 5.82. The van der Waals surface area contributed by atoms with E-state index < -0.39 is 0 Å². The first-order chi connectivity index (χ1) is 9.33. The standard InChI is InChI=1S/C16H15N3/c1-19-15-8-13-10-17-9-12(13)7-14(15)18-16(19)11-5-3-2-4-6-11/h2-8,17H,9-10H2,1H3. The molecule has 1 aliphatic heterocycles. The van der Waals surface area contributed by atoms with Crippen LogP contribution in [0.2, 0.25) is 0 Å². The topological polar surface area (TPSA) is 29.9 Å². The minimum absolute atomic E-state index is 0.961. The fourth-order valence-corrected chi connectivity index (χ4v) is 2.83. The Morgan fingerprint density at radius 2 is 1.79 bits per heavy atom. The number of nitrogens with one attached hydrogen (secondary N) is 1. The van der Waals surface area contributed by atoms with E-state index >= 15 is 0 Å². The van der Waals surface area contributed by atoms with Crippen molar-refractivity contribution in [2.75, 3.05) is 0 Å². The summed E-state index contributed by atoms with van der Waals surface area (Å²) in [6.45, 7) is 1.93. The van der Waals surface area contributed by atoms with Crippen molar-refractivity contribution < 1.29 is 0 Å². The minimum Gasteiger partial charge on any atom is -0.327 e. The molecule has 2 aromatic carbocycles. The molecule has 3 heteroatoms. The summed E-state index contributed by atoms with van der Waals surface area (Å²) in [6, 6.07) is 14.8. The molecular formula is C16H15N3. The van der Waals surface area contributed by atoms with Crippen LogP contribution in [0, 0.1) is 0 Å². The minimum atomic E-state index is 0.961. The van der Waals surface area contributed by atoms with Crippen LogP contribution in [0.15, 0.2) is 42.5 Å². The Hall–Kier alpha value is -2.13. The van der Waals surface area contributed by atoms with E-state index in [1.165, 1.54) is 22.2 Å². The van der Waals surface area contributed by atoms with Crippen molar-refractivity contribution >= 4 is 11.0 Å². The average molecular weight is 249 g/mol. The van der Waals surface area contributed by atoms with Gasteiger partial charge >= 0.3 is 0 Å². The molecular weight excluding hydrogens is 234 g/mol. The van der Waals surface area contributed by atoms with Crippen molar-refractivity contribution in [2.24, 2.45) is 7.05 Å². The van der Waals surface area contributed by atoms with E-state index in [9.17, 15) is 0 Å². The molecule has 0 unspecified atom stereocenters. The molecule has 1 N–H and O–H groups in total. The van der Waals surface area contributed by atoms with Crippen LogP contribution >= 0.6 is 0 Å². The lowest BCUT2D eigenvalue weighted by atomic mass is 10.1. The first-order valence-electron chi connectivity index (χ1n) is 6.57. The van der Waals surface area contributed by atoms with Crippen molar-refractivity contribution in [3.05, 3.63) is 53.6 Å². The maximum atomic E-state index is 4.80. The van der Waals surface area contributed by atoms with E-state index in [4.69, 9.17) is 4.98 Å². The number of nitrogens with zero attached hydrogens (tertiary/aromatic N) is 2. The predicted molar refractivity (Wildman–Crippen MR) is 76.7 cm³/mol. The van der Waals surface area contributed by atoms with Gasteiger partial charge in [0.1, 0.15) is 5.82 Å². The number of aryl methyl sites for hydroxylation is 1. The van der Waals surface area contributed by atoms with Gasteiger partial charge in [-0.15, -0.1) is 0 Å². The highest BCUT2D eigenvalue weighted by atomic mass is 15.1. The summed E-state index contributed by atoms with van der Waals surface area (Å²) >= 11 is 0. The number of benzene rings is 2. The van der Waals surface area contributed by atoms with Gasteiger partial charge in [0.05, 0.1) is 11.0 Å². The first kappa shape index (κ1) is 10.8. The van der Waals surface area contributed by atoms with Gasteiger partial charge < -0.3 is 9.88 Å². The van der Waals surface area contributed by atoms with E-state index in [1.807, 2.05) is 6.07 Å². The van der Waals surface area contributed by atoms with Crippen LogP contribution in [0.25, 0.3) is 22.4 Å². The van der Waals surface area contributed by atoms with Crippen LogP contribution < -0.4 is 5.32 Å². The fraction of sp³-hybridized carbons (Fsp3) is 0.188. The second kappa shape index (κ2) is 3.93. The number of rotatable bonds is 1. The number of imidazole rings is 1. The highest BCUT2D eigenvalue weighted by Gasteiger charge is 2.15. The van der Waals surface area contributed by atoms with Gasteiger partial charge in [0.2, 0.25) is 0 Å². The normalized spacial score (nSPS) is 13.9. The maximum absolute atomic E-state index is 4.80. The molecule has 0 radical (unpaired) electrons. The van der Waals surface area contributed by atoms with Gasteiger partial charge in [-0.1, -0.05) is 30.3 Å². The smallest absolute Gasteiger partial charge is 0.140 e. The zero-order valence-electron chi connectivity index (χ0n) is 10.9. The van der Waals surface area contributed by atoms with E-state index in [-0.39, 0.29) is 0 Å². The summed E-state index contributed by atoms with van der Waals surface area (Å²) < 4.78 is 2.18. The average Bonchev–Trinajstić information content (AvgIpc) is 3.02. The zero-order chi connectivity index (χ0) is 12.8. The zero-order valence-corrected chi connectivity index (χ0v) is 10.9. The van der Waals surface area contributed by atoms with Crippen molar-refractivity contribution in [1.29, 1.82) is 0 Å². The number of hydrogen-bond acceptors (Lipinski definition) is 2. The summed E-state index contributed by atoms with van der Waals surface area (Å²) in [7, 11) is 2.09. The molecule has 0 aliphatic carbocycles. The van der Waals surface area contributed by atoms with Crippen molar-refractivity contribution in [3.8, 4) is 11.4 Å². The number of aromatic nitrogens is 2. The second-order valence-corrected chi connectivity index (χ2v) is 5.07. The molecule has 0 bridgehead atoms. The lowest BCUT2D eigenvalue weighted by Gasteiger charge is -2.02. The molecule has 0 amide bonds. The Bertz CT molecular complexity index is 757. The Morgan fingerprint density at radius 3 is 2.58 bits per heavy atom. The Morgan fingerprint density at radius 1 is 1.05 bits per heavy atom. The molecule has 1 aliphatic rings. The lowest BCUT2D eigenvalue weighted by molar-refractivity contribution is 0.765. The summed E-state index contributed by atoms with van der Waals surface area (Å²) in [4.78, 5) is 4.80. The van der Waals surface area contributed by atoms with Crippen LogP contribution in [0.5, 0.6) is 0 Å². The van der Waals surface area contributed by atoms with E-state index in [1.54, 1.807) is 0 Å². The molecule has 3 nitrogen and oxygen atoms in total. The SMILES string of the molecule is Cn1c(-c2ccccc2)nc2cc3c(cc21)CNC3. The van der Waals surface area contributed by atoms with E-state index in [2.05, 4.69) is 53.3 Å². The largest absolute Gasteiger partial charge is 0.327 e. The highest BCUT2D eigenvalue weighted by Crippen LogP contribution is 2.27. The molecule has 4 rings (SSSR count). The van der Waals surface area contributed by atoms with Crippen molar-refractivity contribution in [2.45, 2.75) is 13.1 Å². The molecule has 0 saturated carbocycles. The lowest BCUT2D eigenvalue weighted by Crippen LogP contribution is -2.00. The molecule has 0 atom stereocenters. The van der Waals surface area contributed by atoms with Gasteiger partial charge in [0.25, 0.3) is 0 Å². The summed E-state index contributed by atoms with van der Waals surface area (Å²) in [5, 5.41) is 3.38. The monoisotopic (exact) mass is 249 g/mol. The quantitative estimate of drug-likeness (QED) is 0.718. The van der Waals surface area contributed by atoms with Crippen LogP contribution in [-0.4, -0.2) is 9.55 Å². The van der Waals surface area contributed by atoms with E-state index in [0.29, 0.717) is 0 Å². The Labute approximate surface area is 111 Å². The molecule has 3 aromatic rings. The van der Waals surface area contributed by atoms with E-state index in [0.717, 1.165) is 24.4 Å². The molecule has 19 heavy (non-hydrogen) atoms. The summed E-state index contributed by atoms with van der Waals surface area (Å²) in [5.41, 5.74) is 6.24. The van der Waals surface area contributed by atoms with Gasteiger partial charge in [-0.05, 0) is 23.3 Å². The number of fused-ring (bicyclic) bond motifs is 2. The number of hydrogen-bond donors (Lipinski definition) is 1. The Kier molecular flexibility index (Phi) is 2.23. The van der Waals surface area contributed by atoms with Gasteiger partial charge in [0.15, 0.2) is 0 Å². The summed E-state index contributed by atoms with van der Waals surface area (Å²) in [6.07, 6.45) is 0. The molecule has 0 fully saturated rings. The van der Waals surface area contributed by atoms with Crippen molar-refractivity contribution in [3.63, 3.8) is 0 Å².